The van der Waals surface area contributed by atoms with Crippen molar-refractivity contribution in [3.05, 3.63) is 22.2 Å². The lowest BCUT2D eigenvalue weighted by molar-refractivity contribution is 0.303. The number of hydrogen-bond donors (Lipinski definition) is 3. The monoisotopic (exact) mass is 365 g/mol. The minimum Gasteiger partial charge on any atom is -0.506 e. The average Bonchev–Trinajstić information content (AvgIpc) is 2.41. The number of phenols is 1. The van der Waals surface area contributed by atoms with Crippen molar-refractivity contribution in [2.24, 2.45) is 21.5 Å². The lowest BCUT2D eigenvalue weighted by Crippen LogP contribution is -2.58. The van der Waals surface area contributed by atoms with E-state index < -0.39 is 5.66 Å². The van der Waals surface area contributed by atoms with Crippen molar-refractivity contribution in [2.75, 3.05) is 4.90 Å². The maximum atomic E-state index is 10.5. The molecule has 7 heteroatoms. The molecule has 1 fully saturated rings. The normalized spacial score (nSPS) is 20.7. The molecule has 118 valence electrons. The first kappa shape index (κ1) is 15.1. The van der Waals surface area contributed by atoms with Crippen LogP contribution >= 0.6 is 15.9 Å². The Morgan fingerprint density at radius 1 is 1.23 bits per heavy atom. The van der Waals surface area contributed by atoms with Gasteiger partial charge in [-0.25, -0.2) is 4.99 Å². The largest absolute Gasteiger partial charge is 0.506 e. The quantitative estimate of drug-likeness (QED) is 0.711. The Kier molecular flexibility index (Phi) is 3.76. The fraction of sp³-hybridized carbons (Fsp3) is 0.467. The summed E-state index contributed by atoms with van der Waals surface area (Å²) in [6.07, 6.45) is 4.97. The van der Waals surface area contributed by atoms with Gasteiger partial charge in [0.25, 0.3) is 0 Å². The van der Waals surface area contributed by atoms with Gasteiger partial charge in [-0.1, -0.05) is 22.4 Å². The third-order valence-electron chi connectivity index (χ3n) is 4.32. The SMILES string of the molecule is Cc1cc(Br)cc(O)c1N1C(N)=NC(N)=NC12CCCCC2. The second-order valence-corrected chi connectivity index (χ2v) is 6.82. The minimum atomic E-state index is -0.537. The van der Waals surface area contributed by atoms with E-state index in [1.807, 2.05) is 17.9 Å². The summed E-state index contributed by atoms with van der Waals surface area (Å²) in [7, 11) is 0. The molecule has 0 bridgehead atoms. The zero-order valence-corrected chi connectivity index (χ0v) is 14.1. The number of hydrogen-bond acceptors (Lipinski definition) is 6. The zero-order chi connectivity index (χ0) is 15.9. The maximum absolute atomic E-state index is 10.5. The standard InChI is InChI=1S/C15H20BrN5O/c1-9-7-10(16)8-11(22)12(9)21-14(18)19-13(17)20-15(21)5-3-2-4-6-15/h7-8,22H,2-6H2,1H3,(H4,17,18,19,20). The second kappa shape index (κ2) is 5.46. The van der Waals surface area contributed by atoms with Gasteiger partial charge < -0.3 is 16.6 Å². The van der Waals surface area contributed by atoms with Gasteiger partial charge in [0.2, 0.25) is 11.9 Å². The molecule has 1 aromatic carbocycles. The van der Waals surface area contributed by atoms with Crippen LogP contribution in [0.4, 0.5) is 5.69 Å². The first-order chi connectivity index (χ1) is 10.4. The number of aryl methyl sites for hydroxylation is 1. The van der Waals surface area contributed by atoms with Crippen LogP contribution in [-0.4, -0.2) is 22.7 Å². The molecule has 2 aliphatic rings. The van der Waals surface area contributed by atoms with Gasteiger partial charge in [0.1, 0.15) is 11.4 Å². The molecule has 22 heavy (non-hydrogen) atoms. The molecule has 1 heterocycles. The van der Waals surface area contributed by atoms with Crippen molar-refractivity contribution >= 4 is 33.5 Å². The molecule has 1 saturated carbocycles. The van der Waals surface area contributed by atoms with Gasteiger partial charge in [0.05, 0.1) is 5.69 Å². The van der Waals surface area contributed by atoms with E-state index in [4.69, 9.17) is 11.5 Å². The van der Waals surface area contributed by atoms with Crippen molar-refractivity contribution < 1.29 is 5.11 Å². The van der Waals surface area contributed by atoms with Crippen molar-refractivity contribution in [3.8, 4) is 5.75 Å². The van der Waals surface area contributed by atoms with Gasteiger partial charge in [-0.2, -0.15) is 4.99 Å². The van der Waals surface area contributed by atoms with Crippen molar-refractivity contribution in [1.29, 1.82) is 0 Å². The third-order valence-corrected chi connectivity index (χ3v) is 4.78. The number of phenolic OH excluding ortho intramolecular Hbond substituents is 1. The van der Waals surface area contributed by atoms with Crippen molar-refractivity contribution in [2.45, 2.75) is 44.7 Å². The molecule has 0 amide bonds. The summed E-state index contributed by atoms with van der Waals surface area (Å²) >= 11 is 3.40. The molecule has 1 aliphatic heterocycles. The Labute approximate surface area is 138 Å². The topological polar surface area (TPSA) is 100 Å². The van der Waals surface area contributed by atoms with E-state index in [1.54, 1.807) is 6.07 Å². The van der Waals surface area contributed by atoms with Crippen LogP contribution in [0.25, 0.3) is 0 Å². The number of rotatable bonds is 1. The van der Waals surface area contributed by atoms with Gasteiger partial charge in [-0.05, 0) is 50.3 Å². The van der Waals surface area contributed by atoms with E-state index in [1.165, 1.54) is 6.42 Å². The van der Waals surface area contributed by atoms with Crippen LogP contribution in [-0.2, 0) is 0 Å². The molecule has 1 aromatic rings. The van der Waals surface area contributed by atoms with E-state index in [-0.39, 0.29) is 17.7 Å². The highest BCUT2D eigenvalue weighted by atomic mass is 79.9. The molecule has 0 radical (unpaired) electrons. The Morgan fingerprint density at radius 2 is 1.91 bits per heavy atom. The maximum Gasteiger partial charge on any atom is 0.220 e. The predicted molar refractivity (Wildman–Crippen MR) is 92.1 cm³/mol. The Balaban J connectivity index is 2.16. The molecule has 6 nitrogen and oxygen atoms in total. The van der Waals surface area contributed by atoms with Crippen LogP contribution in [0, 0.1) is 6.92 Å². The molecule has 0 saturated heterocycles. The molecule has 3 rings (SSSR count). The number of halogens is 1. The summed E-state index contributed by atoms with van der Waals surface area (Å²) in [5.74, 6) is 0.658. The van der Waals surface area contributed by atoms with Gasteiger partial charge in [0, 0.05) is 4.47 Å². The van der Waals surface area contributed by atoms with Crippen molar-refractivity contribution in [3.63, 3.8) is 0 Å². The first-order valence-corrected chi connectivity index (χ1v) is 8.21. The number of guanidine groups is 2. The van der Waals surface area contributed by atoms with Crippen LogP contribution in [0.5, 0.6) is 5.75 Å². The van der Waals surface area contributed by atoms with E-state index in [0.29, 0.717) is 5.69 Å². The van der Waals surface area contributed by atoms with Gasteiger partial charge >= 0.3 is 0 Å². The Bertz CT molecular complexity index is 641. The zero-order valence-electron chi connectivity index (χ0n) is 12.5. The Hall–Kier alpha value is -1.76. The fourth-order valence-corrected chi connectivity index (χ4v) is 4.01. The van der Waals surface area contributed by atoms with Crippen LogP contribution in [0.3, 0.4) is 0 Å². The molecular formula is C15H20BrN5O. The third kappa shape index (κ3) is 2.43. The second-order valence-electron chi connectivity index (χ2n) is 5.91. The van der Waals surface area contributed by atoms with Gasteiger partial charge in [0.15, 0.2) is 0 Å². The first-order valence-electron chi connectivity index (χ1n) is 7.42. The summed E-state index contributed by atoms with van der Waals surface area (Å²) in [6, 6.07) is 3.61. The molecular weight excluding hydrogens is 346 g/mol. The number of nitrogens with two attached hydrogens (primary N) is 2. The lowest BCUT2D eigenvalue weighted by atomic mass is 9.87. The van der Waals surface area contributed by atoms with Gasteiger partial charge in [-0.15, -0.1) is 0 Å². The lowest BCUT2D eigenvalue weighted by Gasteiger charge is -2.46. The van der Waals surface area contributed by atoms with Crippen LogP contribution in [0.2, 0.25) is 0 Å². The van der Waals surface area contributed by atoms with E-state index in [9.17, 15) is 5.11 Å². The molecule has 0 aromatic heterocycles. The molecule has 0 unspecified atom stereocenters. The highest BCUT2D eigenvalue weighted by Gasteiger charge is 2.43. The molecule has 1 spiro atoms. The van der Waals surface area contributed by atoms with E-state index >= 15 is 0 Å². The number of aromatic hydroxyl groups is 1. The number of nitrogens with zero attached hydrogens (tertiary/aromatic N) is 3. The van der Waals surface area contributed by atoms with E-state index in [2.05, 4.69) is 25.9 Å². The average molecular weight is 366 g/mol. The molecule has 1 aliphatic carbocycles. The summed E-state index contributed by atoms with van der Waals surface area (Å²) in [5, 5.41) is 10.5. The predicted octanol–water partition coefficient (Wildman–Crippen LogP) is 2.57. The smallest absolute Gasteiger partial charge is 0.220 e. The van der Waals surface area contributed by atoms with E-state index in [0.717, 1.165) is 35.7 Å². The number of anilines is 1. The van der Waals surface area contributed by atoms with Crippen LogP contribution in [0.1, 0.15) is 37.7 Å². The minimum absolute atomic E-state index is 0.158. The summed E-state index contributed by atoms with van der Waals surface area (Å²) in [5.41, 5.74) is 13.1. The number of aliphatic imine (C=N–C) groups is 2. The van der Waals surface area contributed by atoms with Crippen LogP contribution in [0.15, 0.2) is 26.6 Å². The summed E-state index contributed by atoms with van der Waals surface area (Å²) in [4.78, 5) is 10.6. The Morgan fingerprint density at radius 3 is 2.55 bits per heavy atom. The summed E-state index contributed by atoms with van der Waals surface area (Å²) in [6.45, 7) is 1.94. The summed E-state index contributed by atoms with van der Waals surface area (Å²) < 4.78 is 0.819. The number of benzene rings is 1. The molecule has 0 atom stereocenters. The fourth-order valence-electron chi connectivity index (χ4n) is 3.45. The van der Waals surface area contributed by atoms with Gasteiger partial charge in [-0.3, -0.25) is 4.90 Å². The molecule has 5 N–H and O–H groups in total. The highest BCUT2D eigenvalue weighted by molar-refractivity contribution is 9.10. The van der Waals surface area contributed by atoms with Crippen LogP contribution < -0.4 is 16.4 Å². The highest BCUT2D eigenvalue weighted by Crippen LogP contribution is 2.44. The van der Waals surface area contributed by atoms with Crippen molar-refractivity contribution in [1.82, 2.24) is 0 Å².